The summed E-state index contributed by atoms with van der Waals surface area (Å²) in [6.45, 7) is 3.72. The molecule has 9 nitrogen and oxygen atoms in total. The van der Waals surface area contributed by atoms with Gasteiger partial charge < -0.3 is 21.3 Å². The van der Waals surface area contributed by atoms with Gasteiger partial charge in [0, 0.05) is 35.1 Å². The summed E-state index contributed by atoms with van der Waals surface area (Å²) in [5.74, 6) is -0.454. The van der Waals surface area contributed by atoms with Gasteiger partial charge in [0.15, 0.2) is 0 Å². The van der Waals surface area contributed by atoms with Crippen LogP contribution in [0.3, 0.4) is 0 Å². The lowest BCUT2D eigenvalue weighted by molar-refractivity contribution is -0.384. The van der Waals surface area contributed by atoms with Crippen molar-refractivity contribution in [2.45, 2.75) is 38.8 Å². The van der Waals surface area contributed by atoms with Crippen LogP contribution in [0.1, 0.15) is 37.0 Å². The Morgan fingerprint density at radius 3 is 2.21 bits per heavy atom. The SMILES string of the molecule is CC(C)NC(=O)Nc1ccc(NC(=O)c2ccc(NC3CC3)c([N+](=O)[O-])c2)cc1. The molecule has 2 aromatic rings. The van der Waals surface area contributed by atoms with Crippen molar-refractivity contribution >= 4 is 34.7 Å². The van der Waals surface area contributed by atoms with E-state index in [9.17, 15) is 19.7 Å². The molecule has 0 radical (unpaired) electrons. The van der Waals surface area contributed by atoms with Gasteiger partial charge in [0.25, 0.3) is 11.6 Å². The maximum atomic E-state index is 12.5. The van der Waals surface area contributed by atoms with Crippen molar-refractivity contribution < 1.29 is 14.5 Å². The first-order chi connectivity index (χ1) is 13.8. The Hall–Kier alpha value is -3.62. The van der Waals surface area contributed by atoms with Crippen molar-refractivity contribution in [1.82, 2.24) is 5.32 Å². The lowest BCUT2D eigenvalue weighted by atomic mass is 10.1. The number of nitrogens with zero attached hydrogens (tertiary/aromatic N) is 1. The highest BCUT2D eigenvalue weighted by atomic mass is 16.6. The van der Waals surface area contributed by atoms with Crippen LogP contribution in [0, 0.1) is 10.1 Å². The number of amides is 3. The zero-order chi connectivity index (χ0) is 21.0. The van der Waals surface area contributed by atoms with E-state index in [-0.39, 0.29) is 29.4 Å². The summed E-state index contributed by atoms with van der Waals surface area (Å²) in [7, 11) is 0. The monoisotopic (exact) mass is 397 g/mol. The van der Waals surface area contributed by atoms with Gasteiger partial charge >= 0.3 is 6.03 Å². The Morgan fingerprint density at radius 1 is 1.03 bits per heavy atom. The average molecular weight is 397 g/mol. The zero-order valence-electron chi connectivity index (χ0n) is 16.2. The van der Waals surface area contributed by atoms with E-state index in [1.54, 1.807) is 36.4 Å². The number of rotatable bonds is 7. The number of carbonyl (C=O) groups is 2. The fraction of sp³-hybridized carbons (Fsp3) is 0.300. The largest absolute Gasteiger partial charge is 0.377 e. The fourth-order valence-electron chi connectivity index (χ4n) is 2.66. The zero-order valence-corrected chi connectivity index (χ0v) is 16.2. The van der Waals surface area contributed by atoms with Gasteiger partial charge in [-0.2, -0.15) is 0 Å². The molecule has 3 amide bonds. The normalized spacial score (nSPS) is 12.9. The van der Waals surface area contributed by atoms with Crippen LogP contribution in [-0.4, -0.2) is 28.9 Å². The van der Waals surface area contributed by atoms with Crippen LogP contribution in [0.15, 0.2) is 42.5 Å². The van der Waals surface area contributed by atoms with Gasteiger partial charge in [-0.3, -0.25) is 14.9 Å². The molecule has 0 aromatic heterocycles. The van der Waals surface area contributed by atoms with Gasteiger partial charge in [-0.15, -0.1) is 0 Å². The Morgan fingerprint density at radius 2 is 1.66 bits per heavy atom. The molecule has 9 heteroatoms. The summed E-state index contributed by atoms with van der Waals surface area (Å²) in [6, 6.07) is 10.9. The highest BCUT2D eigenvalue weighted by Gasteiger charge is 2.25. The molecule has 3 rings (SSSR count). The molecule has 0 aliphatic heterocycles. The van der Waals surface area contributed by atoms with Gasteiger partial charge in [-0.1, -0.05) is 0 Å². The third-order valence-electron chi connectivity index (χ3n) is 4.21. The third-order valence-corrected chi connectivity index (χ3v) is 4.21. The van der Waals surface area contributed by atoms with Crippen molar-refractivity contribution in [2.24, 2.45) is 0 Å². The highest BCUT2D eigenvalue weighted by Crippen LogP contribution is 2.31. The molecular formula is C20H23N5O4. The summed E-state index contributed by atoms with van der Waals surface area (Å²) in [5.41, 5.74) is 1.57. The van der Waals surface area contributed by atoms with Gasteiger partial charge in [-0.05, 0) is 63.1 Å². The van der Waals surface area contributed by atoms with E-state index in [4.69, 9.17) is 0 Å². The van der Waals surface area contributed by atoms with Gasteiger partial charge in [0.2, 0.25) is 0 Å². The molecule has 2 aromatic carbocycles. The molecule has 0 unspecified atom stereocenters. The van der Waals surface area contributed by atoms with Crippen LogP contribution in [-0.2, 0) is 0 Å². The molecule has 0 heterocycles. The van der Waals surface area contributed by atoms with Crippen LogP contribution in [0.25, 0.3) is 0 Å². The first-order valence-electron chi connectivity index (χ1n) is 9.35. The molecule has 1 aliphatic carbocycles. The number of carbonyl (C=O) groups excluding carboxylic acids is 2. The molecule has 0 atom stereocenters. The predicted octanol–water partition coefficient (Wildman–Crippen LogP) is 3.95. The Bertz CT molecular complexity index is 923. The molecule has 4 N–H and O–H groups in total. The molecule has 0 bridgehead atoms. The lowest BCUT2D eigenvalue weighted by Gasteiger charge is -2.11. The lowest BCUT2D eigenvalue weighted by Crippen LogP contribution is -2.34. The molecule has 1 saturated carbocycles. The fourth-order valence-corrected chi connectivity index (χ4v) is 2.66. The number of nitrogens with one attached hydrogen (secondary N) is 4. The molecule has 0 spiro atoms. The van der Waals surface area contributed by atoms with E-state index >= 15 is 0 Å². The van der Waals surface area contributed by atoms with E-state index in [1.807, 2.05) is 13.8 Å². The standard InChI is InChI=1S/C20H23N5O4/c1-12(2)21-20(27)24-16-8-6-15(7-9-16)23-19(26)13-3-10-17(22-14-4-5-14)18(11-13)25(28)29/h3,6-12,14,22H,4-5H2,1-2H3,(H,23,26)(H2,21,24,27). The minimum absolute atomic E-state index is 0.0171. The van der Waals surface area contributed by atoms with Crippen LogP contribution in [0.5, 0.6) is 0 Å². The van der Waals surface area contributed by atoms with Crippen molar-refractivity contribution in [2.75, 3.05) is 16.0 Å². The second-order valence-electron chi connectivity index (χ2n) is 7.19. The Kier molecular flexibility index (Phi) is 5.96. The van der Waals surface area contributed by atoms with Crippen LogP contribution in [0.4, 0.5) is 27.5 Å². The van der Waals surface area contributed by atoms with Gasteiger partial charge in [0.1, 0.15) is 5.69 Å². The second-order valence-corrected chi connectivity index (χ2v) is 7.19. The second kappa shape index (κ2) is 8.59. The summed E-state index contributed by atoms with van der Waals surface area (Å²) < 4.78 is 0. The Labute approximate surface area is 168 Å². The summed E-state index contributed by atoms with van der Waals surface area (Å²) in [5, 5.41) is 22.5. The van der Waals surface area contributed by atoms with Crippen LogP contribution >= 0.6 is 0 Å². The number of urea groups is 1. The maximum absolute atomic E-state index is 12.5. The minimum atomic E-state index is -0.496. The third kappa shape index (κ3) is 5.68. The number of anilines is 3. The van der Waals surface area contributed by atoms with Crippen LogP contribution in [0.2, 0.25) is 0 Å². The topological polar surface area (TPSA) is 125 Å². The van der Waals surface area contributed by atoms with E-state index < -0.39 is 10.8 Å². The van der Waals surface area contributed by atoms with Crippen molar-refractivity contribution in [3.05, 3.63) is 58.1 Å². The smallest absolute Gasteiger partial charge is 0.319 e. The molecule has 29 heavy (non-hydrogen) atoms. The summed E-state index contributed by atoms with van der Waals surface area (Å²) in [6.07, 6.45) is 1.98. The first-order valence-corrected chi connectivity index (χ1v) is 9.35. The van der Waals surface area contributed by atoms with E-state index in [1.165, 1.54) is 6.07 Å². The van der Waals surface area contributed by atoms with E-state index in [0.717, 1.165) is 12.8 Å². The van der Waals surface area contributed by atoms with Crippen molar-refractivity contribution in [3.63, 3.8) is 0 Å². The molecule has 1 aliphatic rings. The van der Waals surface area contributed by atoms with Crippen molar-refractivity contribution in [3.8, 4) is 0 Å². The molecule has 152 valence electrons. The number of hydrogen-bond donors (Lipinski definition) is 4. The molecular weight excluding hydrogens is 374 g/mol. The molecule has 1 fully saturated rings. The predicted molar refractivity (Wildman–Crippen MR) is 111 cm³/mol. The number of nitro benzene ring substituents is 1. The first kappa shape index (κ1) is 20.1. The summed E-state index contributed by atoms with van der Waals surface area (Å²) >= 11 is 0. The van der Waals surface area contributed by atoms with E-state index in [2.05, 4.69) is 21.3 Å². The van der Waals surface area contributed by atoms with Crippen molar-refractivity contribution in [1.29, 1.82) is 0 Å². The van der Waals surface area contributed by atoms with E-state index in [0.29, 0.717) is 17.1 Å². The summed E-state index contributed by atoms with van der Waals surface area (Å²) in [4.78, 5) is 35.0. The number of benzene rings is 2. The van der Waals surface area contributed by atoms with Gasteiger partial charge in [-0.25, -0.2) is 4.79 Å². The quantitative estimate of drug-likeness (QED) is 0.416. The molecule has 0 saturated heterocycles. The van der Waals surface area contributed by atoms with Gasteiger partial charge in [0.05, 0.1) is 4.92 Å². The maximum Gasteiger partial charge on any atom is 0.319 e. The number of hydrogen-bond acceptors (Lipinski definition) is 5. The average Bonchev–Trinajstić information content (AvgIpc) is 3.46. The minimum Gasteiger partial charge on any atom is -0.377 e. The highest BCUT2D eigenvalue weighted by molar-refractivity contribution is 6.05. The van der Waals surface area contributed by atoms with Crippen LogP contribution < -0.4 is 21.3 Å². The Balaban J connectivity index is 1.65. The number of nitro groups is 1.